The molecule has 2 aromatic carbocycles. The van der Waals surface area contributed by atoms with Gasteiger partial charge in [0.15, 0.2) is 17.2 Å². The van der Waals surface area contributed by atoms with Crippen molar-refractivity contribution in [3.8, 4) is 23.0 Å². The van der Waals surface area contributed by atoms with Gasteiger partial charge in [-0.25, -0.2) is 9.79 Å². The van der Waals surface area contributed by atoms with Gasteiger partial charge in [0.25, 0.3) is 0 Å². The minimum atomic E-state index is -0.587. The first kappa shape index (κ1) is 19.6. The maximum atomic E-state index is 12.3. The topological polar surface area (TPSA) is 75.6 Å². The highest BCUT2D eigenvalue weighted by molar-refractivity contribution is 6.34. The van der Waals surface area contributed by atoms with Gasteiger partial charge in [-0.05, 0) is 42.0 Å². The van der Waals surface area contributed by atoms with Crippen molar-refractivity contribution in [2.75, 3.05) is 28.4 Å². The van der Waals surface area contributed by atoms with Crippen molar-refractivity contribution < 1.29 is 28.5 Å². The van der Waals surface area contributed by atoms with E-state index >= 15 is 0 Å². The standard InChI is InChI=1S/C20H18ClNO6/c1-24-12-5-6-13(14(21)10-12)19-22-15(20(23)28-19)7-11-8-16(25-2)18(27-4)17(9-11)26-3/h5-10H,1-4H3. The number of nitrogens with zero attached hydrogens (tertiary/aromatic N) is 1. The van der Waals surface area contributed by atoms with Crippen LogP contribution in [-0.4, -0.2) is 40.3 Å². The van der Waals surface area contributed by atoms with Crippen LogP contribution in [-0.2, 0) is 9.53 Å². The number of ether oxygens (including phenoxy) is 5. The van der Waals surface area contributed by atoms with Crippen LogP contribution in [0.3, 0.4) is 0 Å². The van der Waals surface area contributed by atoms with Gasteiger partial charge in [-0.3, -0.25) is 0 Å². The summed E-state index contributed by atoms with van der Waals surface area (Å²) in [5.74, 6) is 1.50. The van der Waals surface area contributed by atoms with Crippen molar-refractivity contribution in [1.29, 1.82) is 0 Å². The molecule has 7 nitrogen and oxygen atoms in total. The number of benzene rings is 2. The largest absolute Gasteiger partial charge is 0.497 e. The molecule has 1 heterocycles. The van der Waals surface area contributed by atoms with E-state index in [2.05, 4.69) is 4.99 Å². The van der Waals surface area contributed by atoms with Crippen molar-refractivity contribution >= 4 is 29.5 Å². The van der Waals surface area contributed by atoms with Gasteiger partial charge < -0.3 is 23.7 Å². The summed E-state index contributed by atoms with van der Waals surface area (Å²) in [7, 11) is 6.08. The van der Waals surface area contributed by atoms with E-state index in [1.165, 1.54) is 28.4 Å². The Balaban J connectivity index is 2.00. The maximum Gasteiger partial charge on any atom is 0.363 e. The van der Waals surface area contributed by atoms with Crippen LogP contribution in [0.1, 0.15) is 11.1 Å². The van der Waals surface area contributed by atoms with Gasteiger partial charge in [0.05, 0.1) is 39.0 Å². The van der Waals surface area contributed by atoms with Gasteiger partial charge in [0, 0.05) is 0 Å². The minimum Gasteiger partial charge on any atom is -0.497 e. The van der Waals surface area contributed by atoms with Crippen molar-refractivity contribution in [2.45, 2.75) is 0 Å². The number of carbonyl (C=O) groups excluding carboxylic acids is 1. The molecular formula is C20H18ClNO6. The van der Waals surface area contributed by atoms with Crippen LogP contribution >= 0.6 is 11.6 Å². The Labute approximate surface area is 167 Å². The number of rotatable bonds is 6. The summed E-state index contributed by atoms with van der Waals surface area (Å²) in [6, 6.07) is 8.41. The second-order valence-corrected chi connectivity index (χ2v) is 6.05. The SMILES string of the molecule is COc1ccc(C2=NC(=Cc3cc(OC)c(OC)c(OC)c3)C(=O)O2)c(Cl)c1. The fourth-order valence-electron chi connectivity index (χ4n) is 2.66. The Morgan fingerprint density at radius 1 is 0.964 bits per heavy atom. The lowest BCUT2D eigenvalue weighted by Gasteiger charge is -2.12. The molecule has 8 heteroatoms. The third-order valence-corrected chi connectivity index (χ3v) is 4.33. The lowest BCUT2D eigenvalue weighted by atomic mass is 10.1. The van der Waals surface area contributed by atoms with E-state index in [-0.39, 0.29) is 11.6 Å². The molecule has 0 unspecified atom stereocenters. The number of hydrogen-bond acceptors (Lipinski definition) is 7. The second-order valence-electron chi connectivity index (χ2n) is 5.64. The van der Waals surface area contributed by atoms with Crippen molar-refractivity contribution in [1.82, 2.24) is 0 Å². The highest BCUT2D eigenvalue weighted by Gasteiger charge is 2.26. The quantitative estimate of drug-likeness (QED) is 0.540. The molecule has 28 heavy (non-hydrogen) atoms. The first-order valence-electron chi connectivity index (χ1n) is 8.17. The Kier molecular flexibility index (Phi) is 5.75. The van der Waals surface area contributed by atoms with Crippen LogP contribution < -0.4 is 18.9 Å². The summed E-state index contributed by atoms with van der Waals surface area (Å²) in [5.41, 5.74) is 1.24. The normalized spacial score (nSPS) is 14.5. The van der Waals surface area contributed by atoms with Gasteiger partial charge in [-0.2, -0.15) is 0 Å². The molecule has 146 valence electrons. The molecule has 0 amide bonds. The van der Waals surface area contributed by atoms with E-state index in [1.54, 1.807) is 36.4 Å². The molecule has 0 saturated carbocycles. The number of aliphatic imine (C=N–C) groups is 1. The Morgan fingerprint density at radius 3 is 2.18 bits per heavy atom. The first-order chi connectivity index (χ1) is 13.5. The average molecular weight is 404 g/mol. The molecule has 0 spiro atoms. The highest BCUT2D eigenvalue weighted by atomic mass is 35.5. The molecule has 2 aromatic rings. The average Bonchev–Trinajstić information content (AvgIpc) is 3.06. The molecule has 3 rings (SSSR count). The van der Waals surface area contributed by atoms with Crippen molar-refractivity contribution in [3.05, 3.63) is 52.2 Å². The van der Waals surface area contributed by atoms with Crippen LogP contribution in [0, 0.1) is 0 Å². The second kappa shape index (κ2) is 8.22. The van der Waals surface area contributed by atoms with Gasteiger partial charge >= 0.3 is 5.97 Å². The summed E-state index contributed by atoms with van der Waals surface area (Å²) in [6.07, 6.45) is 1.57. The Hall–Kier alpha value is -3.19. The number of hydrogen-bond donors (Lipinski definition) is 0. The third-order valence-electron chi connectivity index (χ3n) is 4.02. The molecular weight excluding hydrogens is 386 g/mol. The molecule has 0 saturated heterocycles. The number of carbonyl (C=O) groups is 1. The zero-order chi connectivity index (χ0) is 20.3. The minimum absolute atomic E-state index is 0.121. The summed E-state index contributed by atoms with van der Waals surface area (Å²) >= 11 is 6.24. The summed E-state index contributed by atoms with van der Waals surface area (Å²) in [6.45, 7) is 0. The van der Waals surface area contributed by atoms with Crippen LogP contribution in [0.25, 0.3) is 6.08 Å². The lowest BCUT2D eigenvalue weighted by molar-refractivity contribution is -0.129. The molecule has 0 aromatic heterocycles. The fraction of sp³-hybridized carbons (Fsp3) is 0.200. The predicted octanol–water partition coefficient (Wildman–Crippen LogP) is 3.72. The number of methoxy groups -OCH3 is 4. The van der Waals surface area contributed by atoms with Crippen LogP contribution in [0.15, 0.2) is 41.0 Å². The molecule has 0 fully saturated rings. The summed E-state index contributed by atoms with van der Waals surface area (Å²) < 4.78 is 26.3. The Bertz CT molecular complexity index is 958. The zero-order valence-corrected chi connectivity index (χ0v) is 16.5. The van der Waals surface area contributed by atoms with Gasteiger partial charge in [0.1, 0.15) is 5.75 Å². The smallest absolute Gasteiger partial charge is 0.363 e. The van der Waals surface area contributed by atoms with Gasteiger partial charge in [-0.15, -0.1) is 0 Å². The highest BCUT2D eigenvalue weighted by Crippen LogP contribution is 2.39. The zero-order valence-electron chi connectivity index (χ0n) is 15.7. The summed E-state index contributed by atoms with van der Waals surface area (Å²) in [5, 5.41) is 0.361. The molecule has 1 aliphatic rings. The van der Waals surface area contributed by atoms with Crippen LogP contribution in [0.5, 0.6) is 23.0 Å². The predicted molar refractivity (Wildman–Crippen MR) is 105 cm³/mol. The van der Waals surface area contributed by atoms with Gasteiger partial charge in [-0.1, -0.05) is 11.6 Å². The Morgan fingerprint density at radius 2 is 1.64 bits per heavy atom. The number of cyclic esters (lactones) is 1. The van der Waals surface area contributed by atoms with E-state index in [4.69, 9.17) is 35.3 Å². The molecule has 0 atom stereocenters. The monoisotopic (exact) mass is 403 g/mol. The van der Waals surface area contributed by atoms with E-state index in [0.717, 1.165) is 0 Å². The summed E-state index contributed by atoms with van der Waals surface area (Å²) in [4.78, 5) is 16.5. The lowest BCUT2D eigenvalue weighted by Crippen LogP contribution is -2.06. The maximum absolute atomic E-state index is 12.3. The van der Waals surface area contributed by atoms with Crippen LogP contribution in [0.2, 0.25) is 5.02 Å². The van der Waals surface area contributed by atoms with Crippen LogP contribution in [0.4, 0.5) is 0 Å². The van der Waals surface area contributed by atoms with E-state index in [0.29, 0.717) is 39.1 Å². The molecule has 0 N–H and O–H groups in total. The number of esters is 1. The molecule has 0 bridgehead atoms. The fourth-order valence-corrected chi connectivity index (χ4v) is 2.91. The van der Waals surface area contributed by atoms with Gasteiger partial charge in [0.2, 0.25) is 11.6 Å². The van der Waals surface area contributed by atoms with E-state index in [1.807, 2.05) is 0 Å². The molecule has 1 aliphatic heterocycles. The van der Waals surface area contributed by atoms with E-state index in [9.17, 15) is 4.79 Å². The first-order valence-corrected chi connectivity index (χ1v) is 8.55. The van der Waals surface area contributed by atoms with Crippen molar-refractivity contribution in [3.63, 3.8) is 0 Å². The third kappa shape index (κ3) is 3.75. The van der Waals surface area contributed by atoms with E-state index < -0.39 is 5.97 Å². The number of halogens is 1. The molecule has 0 aliphatic carbocycles. The molecule has 0 radical (unpaired) electrons. The van der Waals surface area contributed by atoms with Crippen molar-refractivity contribution in [2.24, 2.45) is 4.99 Å².